The summed E-state index contributed by atoms with van der Waals surface area (Å²) in [5.41, 5.74) is 9.03. The van der Waals surface area contributed by atoms with Crippen LogP contribution in [-0.2, 0) is 0 Å². The molecule has 0 aliphatic heterocycles. The molecule has 3 N–H and O–H groups in total. The van der Waals surface area contributed by atoms with Gasteiger partial charge in [0.05, 0.1) is 12.0 Å². The van der Waals surface area contributed by atoms with Crippen LogP contribution in [-0.4, -0.2) is 24.9 Å². The third-order valence-corrected chi connectivity index (χ3v) is 5.11. The molecular weight excluding hydrogens is 386 g/mol. The molecule has 0 radical (unpaired) electrons. The highest BCUT2D eigenvalue weighted by Gasteiger charge is 2.21. The molecule has 0 aliphatic rings. The number of rotatable bonds is 3. The fraction of sp³-hybridized carbons (Fsp3) is 0.0909. The minimum Gasteiger partial charge on any atom is -0.382 e. The first-order valence-corrected chi connectivity index (χ1v) is 9.33. The number of halogens is 2. The Morgan fingerprint density at radius 1 is 1.00 bits per heavy atom. The van der Waals surface area contributed by atoms with E-state index >= 15 is 0 Å². The Kier molecular flexibility index (Phi) is 4.13. The van der Waals surface area contributed by atoms with E-state index < -0.39 is 11.6 Å². The van der Waals surface area contributed by atoms with Gasteiger partial charge in [-0.15, -0.1) is 0 Å². The summed E-state index contributed by atoms with van der Waals surface area (Å²) in [6, 6.07) is 12.6. The second kappa shape index (κ2) is 6.84. The smallest absolute Gasteiger partial charge is 0.183 e. The van der Waals surface area contributed by atoms with E-state index in [1.165, 1.54) is 24.5 Å². The molecule has 1 atom stereocenters. The number of nitrogens with one attached hydrogen (secondary N) is 1. The van der Waals surface area contributed by atoms with E-state index in [4.69, 9.17) is 5.73 Å². The Hall–Kier alpha value is -3.94. The Morgan fingerprint density at radius 2 is 1.83 bits per heavy atom. The van der Waals surface area contributed by atoms with Crippen LogP contribution in [0.5, 0.6) is 0 Å². The maximum atomic E-state index is 14.4. The monoisotopic (exact) mass is 402 g/mol. The summed E-state index contributed by atoms with van der Waals surface area (Å²) in [4.78, 5) is 20.6. The fourth-order valence-electron chi connectivity index (χ4n) is 3.58. The van der Waals surface area contributed by atoms with Crippen molar-refractivity contribution in [1.82, 2.24) is 24.9 Å². The Labute approximate surface area is 169 Å². The molecule has 3 aromatic heterocycles. The Morgan fingerprint density at radius 3 is 2.67 bits per heavy atom. The zero-order valence-electron chi connectivity index (χ0n) is 15.9. The summed E-state index contributed by atoms with van der Waals surface area (Å²) >= 11 is 0. The first-order chi connectivity index (χ1) is 14.5. The number of pyridine rings is 1. The highest BCUT2D eigenvalue weighted by Crippen LogP contribution is 2.34. The first-order valence-electron chi connectivity index (χ1n) is 9.33. The summed E-state index contributed by atoms with van der Waals surface area (Å²) in [6.45, 7) is 1.90. The largest absolute Gasteiger partial charge is 0.382 e. The van der Waals surface area contributed by atoms with E-state index in [0.29, 0.717) is 33.6 Å². The maximum absolute atomic E-state index is 14.4. The minimum absolute atomic E-state index is 0.218. The molecule has 5 aromatic rings. The molecular formula is C22H16F2N6. The van der Waals surface area contributed by atoms with Crippen molar-refractivity contribution in [3.63, 3.8) is 0 Å². The predicted molar refractivity (Wildman–Crippen MR) is 111 cm³/mol. The molecule has 8 heteroatoms. The molecule has 0 fully saturated rings. The third-order valence-electron chi connectivity index (χ3n) is 5.11. The highest BCUT2D eigenvalue weighted by atomic mass is 19.1. The number of para-hydroxylation sites is 1. The van der Waals surface area contributed by atoms with Crippen molar-refractivity contribution >= 4 is 27.9 Å². The maximum Gasteiger partial charge on any atom is 0.183 e. The lowest BCUT2D eigenvalue weighted by Gasteiger charge is -2.17. The van der Waals surface area contributed by atoms with Gasteiger partial charge in [0, 0.05) is 16.9 Å². The van der Waals surface area contributed by atoms with Crippen molar-refractivity contribution in [3.05, 3.63) is 77.9 Å². The van der Waals surface area contributed by atoms with Crippen LogP contribution in [0.15, 0.2) is 54.9 Å². The number of nitrogen functional groups attached to an aromatic ring is 1. The third kappa shape index (κ3) is 2.93. The summed E-state index contributed by atoms with van der Waals surface area (Å²) < 4.78 is 28.4. The number of aromatic amines is 1. The average Bonchev–Trinajstić information content (AvgIpc) is 3.22. The van der Waals surface area contributed by atoms with Gasteiger partial charge in [0.1, 0.15) is 28.5 Å². The van der Waals surface area contributed by atoms with Gasteiger partial charge in [-0.05, 0) is 29.8 Å². The fourth-order valence-corrected chi connectivity index (χ4v) is 3.58. The molecule has 148 valence electrons. The number of nitrogens with two attached hydrogens (primary N) is 1. The molecule has 30 heavy (non-hydrogen) atoms. The summed E-state index contributed by atoms with van der Waals surface area (Å²) in [5, 5.41) is 0.630. The topological polar surface area (TPSA) is 93.4 Å². The summed E-state index contributed by atoms with van der Waals surface area (Å²) in [7, 11) is 0. The van der Waals surface area contributed by atoms with Crippen LogP contribution in [0.1, 0.15) is 24.2 Å². The van der Waals surface area contributed by atoms with E-state index in [2.05, 4.69) is 24.9 Å². The number of hydrogen-bond donors (Lipinski definition) is 2. The van der Waals surface area contributed by atoms with E-state index in [-0.39, 0.29) is 17.3 Å². The summed E-state index contributed by atoms with van der Waals surface area (Å²) in [6.07, 6.45) is 1.50. The van der Waals surface area contributed by atoms with Crippen molar-refractivity contribution in [2.75, 3.05) is 5.73 Å². The van der Waals surface area contributed by atoms with E-state index in [9.17, 15) is 8.78 Å². The Bertz CT molecular complexity index is 1410. The molecule has 5 rings (SSSR count). The lowest BCUT2D eigenvalue weighted by atomic mass is 9.93. The second-order valence-corrected chi connectivity index (χ2v) is 7.04. The first kappa shape index (κ1) is 18.1. The molecule has 0 bridgehead atoms. The number of fused-ring (bicyclic) bond motifs is 2. The standard InChI is InChI=1S/C22H16F2N6/c1-11(21-29-20(25)19-22(30-21)27-10-26-19)15-9-13-5-3-7-16(24)18(13)28-17(15)12-4-2-6-14(23)8-12/h2-11H,1H3,(H3,25,26,27,29,30)/t11-/m0/s1. The minimum atomic E-state index is -0.442. The number of anilines is 1. The predicted octanol–water partition coefficient (Wildman–Crippen LogP) is 4.58. The summed E-state index contributed by atoms with van der Waals surface area (Å²) in [5.74, 6) is -0.469. The molecule has 0 spiro atoms. The van der Waals surface area contributed by atoms with Gasteiger partial charge >= 0.3 is 0 Å². The molecule has 6 nitrogen and oxygen atoms in total. The SMILES string of the molecule is C[C@H](c1nc(N)c2[nH]cnc2n1)c1cc2cccc(F)c2nc1-c1cccc(F)c1. The number of H-pyrrole nitrogens is 1. The van der Waals surface area contributed by atoms with E-state index in [0.717, 1.165) is 5.56 Å². The van der Waals surface area contributed by atoms with E-state index in [1.54, 1.807) is 24.3 Å². The zero-order valence-corrected chi connectivity index (χ0v) is 15.9. The lowest BCUT2D eigenvalue weighted by Crippen LogP contribution is -2.08. The van der Waals surface area contributed by atoms with Crippen LogP contribution >= 0.6 is 0 Å². The lowest BCUT2D eigenvalue weighted by molar-refractivity contribution is 0.628. The Balaban J connectivity index is 1.76. The van der Waals surface area contributed by atoms with Crippen LogP contribution in [0.2, 0.25) is 0 Å². The van der Waals surface area contributed by atoms with Gasteiger partial charge in [0.2, 0.25) is 0 Å². The van der Waals surface area contributed by atoms with Crippen molar-refractivity contribution in [3.8, 4) is 11.3 Å². The number of benzene rings is 2. The molecule has 0 aliphatic carbocycles. The van der Waals surface area contributed by atoms with Gasteiger partial charge in [-0.25, -0.2) is 28.7 Å². The van der Waals surface area contributed by atoms with Crippen LogP contribution in [0, 0.1) is 11.6 Å². The molecule has 0 saturated carbocycles. The van der Waals surface area contributed by atoms with E-state index in [1.807, 2.05) is 13.0 Å². The molecule has 0 unspecified atom stereocenters. The average molecular weight is 402 g/mol. The van der Waals surface area contributed by atoms with Gasteiger partial charge in [-0.3, -0.25) is 0 Å². The number of nitrogens with zero attached hydrogens (tertiary/aromatic N) is 4. The van der Waals surface area contributed by atoms with Crippen LogP contribution in [0.25, 0.3) is 33.3 Å². The normalized spacial score (nSPS) is 12.5. The van der Waals surface area contributed by atoms with Crippen LogP contribution in [0.3, 0.4) is 0 Å². The molecule has 0 saturated heterocycles. The number of hydrogen-bond acceptors (Lipinski definition) is 5. The zero-order chi connectivity index (χ0) is 20.8. The van der Waals surface area contributed by atoms with Crippen molar-refractivity contribution in [2.24, 2.45) is 0 Å². The highest BCUT2D eigenvalue weighted by molar-refractivity contribution is 5.85. The van der Waals surface area contributed by atoms with Crippen LogP contribution in [0.4, 0.5) is 14.6 Å². The second-order valence-electron chi connectivity index (χ2n) is 7.04. The van der Waals surface area contributed by atoms with Gasteiger partial charge < -0.3 is 10.7 Å². The molecule has 2 aromatic carbocycles. The quantitative estimate of drug-likeness (QED) is 0.461. The van der Waals surface area contributed by atoms with Crippen molar-refractivity contribution < 1.29 is 8.78 Å². The van der Waals surface area contributed by atoms with Gasteiger partial charge in [0.25, 0.3) is 0 Å². The van der Waals surface area contributed by atoms with Crippen molar-refractivity contribution in [2.45, 2.75) is 12.8 Å². The molecule has 0 amide bonds. The number of imidazole rings is 1. The molecule has 3 heterocycles. The van der Waals surface area contributed by atoms with Gasteiger partial charge in [0.15, 0.2) is 11.5 Å². The van der Waals surface area contributed by atoms with Crippen molar-refractivity contribution in [1.29, 1.82) is 0 Å². The van der Waals surface area contributed by atoms with Gasteiger partial charge in [-0.2, -0.15) is 0 Å². The number of aromatic nitrogens is 5. The van der Waals surface area contributed by atoms with Crippen LogP contribution < -0.4 is 5.73 Å². The van der Waals surface area contributed by atoms with Gasteiger partial charge in [-0.1, -0.05) is 31.2 Å².